The molecule has 5 nitrogen and oxygen atoms in total. The third kappa shape index (κ3) is 4.54. The lowest BCUT2D eigenvalue weighted by atomic mass is 10.2. The van der Waals surface area contributed by atoms with Crippen LogP contribution in [0.5, 0.6) is 11.5 Å². The van der Waals surface area contributed by atoms with Gasteiger partial charge in [0.25, 0.3) is 0 Å². The predicted octanol–water partition coefficient (Wildman–Crippen LogP) is 3.79. The number of sulfonamides is 1. The van der Waals surface area contributed by atoms with Crippen molar-refractivity contribution in [3.05, 3.63) is 53.8 Å². The van der Waals surface area contributed by atoms with Crippen molar-refractivity contribution in [1.82, 2.24) is 4.31 Å². The zero-order chi connectivity index (χ0) is 19.6. The second-order valence-corrected chi connectivity index (χ2v) is 7.99. The van der Waals surface area contributed by atoms with Crippen molar-refractivity contribution < 1.29 is 31.1 Å². The van der Waals surface area contributed by atoms with Gasteiger partial charge in [0.05, 0.1) is 12.0 Å². The zero-order valence-electron chi connectivity index (χ0n) is 14.4. The number of hydrogen-bond acceptors (Lipinski definition) is 4. The van der Waals surface area contributed by atoms with E-state index in [1.807, 2.05) is 0 Å². The van der Waals surface area contributed by atoms with E-state index in [0.717, 1.165) is 25.0 Å². The highest BCUT2D eigenvalue weighted by atomic mass is 32.2. The SMILES string of the molecule is COc1cc(CN(C2CC2)S(=O)(=O)c2ccc(F)cc2)ccc1OC(F)F. The van der Waals surface area contributed by atoms with Gasteiger partial charge in [-0.1, -0.05) is 6.07 Å². The fourth-order valence-corrected chi connectivity index (χ4v) is 4.37. The molecule has 0 radical (unpaired) electrons. The van der Waals surface area contributed by atoms with Crippen molar-refractivity contribution in [2.24, 2.45) is 0 Å². The summed E-state index contributed by atoms with van der Waals surface area (Å²) in [6.07, 6.45) is 1.45. The number of methoxy groups -OCH3 is 1. The monoisotopic (exact) mass is 401 g/mol. The molecule has 0 saturated heterocycles. The first-order valence-electron chi connectivity index (χ1n) is 8.20. The third-order valence-corrected chi connectivity index (χ3v) is 6.07. The summed E-state index contributed by atoms with van der Waals surface area (Å²) in [4.78, 5) is 0.000388. The van der Waals surface area contributed by atoms with Gasteiger partial charge in [-0.25, -0.2) is 12.8 Å². The highest BCUT2D eigenvalue weighted by molar-refractivity contribution is 7.89. The summed E-state index contributed by atoms with van der Waals surface area (Å²) in [5, 5.41) is 0. The molecule has 3 rings (SSSR count). The summed E-state index contributed by atoms with van der Waals surface area (Å²) in [5.74, 6) is -0.565. The first-order valence-corrected chi connectivity index (χ1v) is 9.64. The lowest BCUT2D eigenvalue weighted by molar-refractivity contribution is -0.0512. The van der Waals surface area contributed by atoms with Crippen molar-refractivity contribution in [1.29, 1.82) is 0 Å². The number of nitrogens with zero attached hydrogens (tertiary/aromatic N) is 1. The lowest BCUT2D eigenvalue weighted by Gasteiger charge is -2.22. The van der Waals surface area contributed by atoms with Gasteiger partial charge >= 0.3 is 6.61 Å². The van der Waals surface area contributed by atoms with Crippen LogP contribution in [0.15, 0.2) is 47.4 Å². The molecule has 1 fully saturated rings. The van der Waals surface area contributed by atoms with Crippen molar-refractivity contribution in [3.63, 3.8) is 0 Å². The summed E-state index contributed by atoms with van der Waals surface area (Å²) in [7, 11) is -2.52. The van der Waals surface area contributed by atoms with E-state index in [2.05, 4.69) is 4.74 Å². The van der Waals surface area contributed by atoms with Crippen LogP contribution in [0.4, 0.5) is 13.2 Å². The minimum Gasteiger partial charge on any atom is -0.493 e. The Bertz CT molecular complexity index is 899. The lowest BCUT2D eigenvalue weighted by Crippen LogP contribution is -2.32. The number of rotatable bonds is 8. The van der Waals surface area contributed by atoms with Gasteiger partial charge in [-0.15, -0.1) is 0 Å². The molecule has 0 aromatic heterocycles. The summed E-state index contributed by atoms with van der Waals surface area (Å²) in [6.45, 7) is -2.96. The predicted molar refractivity (Wildman–Crippen MR) is 91.8 cm³/mol. The Morgan fingerprint density at radius 1 is 1.11 bits per heavy atom. The molecule has 0 atom stereocenters. The minimum absolute atomic E-state index is 0.000388. The molecule has 9 heteroatoms. The molecule has 1 aliphatic rings. The summed E-state index contributed by atoms with van der Waals surface area (Å²) >= 11 is 0. The van der Waals surface area contributed by atoms with Crippen molar-refractivity contribution >= 4 is 10.0 Å². The molecular formula is C18H18F3NO4S. The Morgan fingerprint density at radius 2 is 1.78 bits per heavy atom. The minimum atomic E-state index is -3.83. The number of ether oxygens (including phenoxy) is 2. The largest absolute Gasteiger partial charge is 0.493 e. The van der Waals surface area contributed by atoms with Crippen LogP contribution < -0.4 is 9.47 Å². The van der Waals surface area contributed by atoms with Crippen LogP contribution in [0.25, 0.3) is 0 Å². The van der Waals surface area contributed by atoms with Gasteiger partial charge in [-0.2, -0.15) is 13.1 Å². The third-order valence-electron chi connectivity index (χ3n) is 4.16. The molecule has 146 valence electrons. The van der Waals surface area contributed by atoms with E-state index in [9.17, 15) is 21.6 Å². The Labute approximate surface area is 155 Å². The number of benzene rings is 2. The molecule has 0 bridgehead atoms. The molecule has 1 aliphatic carbocycles. The van der Waals surface area contributed by atoms with Crippen molar-refractivity contribution in [3.8, 4) is 11.5 Å². The first kappa shape index (κ1) is 19.5. The van der Waals surface area contributed by atoms with Crippen LogP contribution in [0.1, 0.15) is 18.4 Å². The van der Waals surface area contributed by atoms with Gasteiger partial charge in [0.2, 0.25) is 10.0 Å². The Balaban J connectivity index is 1.88. The van der Waals surface area contributed by atoms with Gasteiger partial charge in [0, 0.05) is 12.6 Å². The molecule has 0 unspecified atom stereocenters. The quantitative estimate of drug-likeness (QED) is 0.675. The average molecular weight is 401 g/mol. The van der Waals surface area contributed by atoms with Crippen LogP contribution >= 0.6 is 0 Å². The van der Waals surface area contributed by atoms with Gasteiger partial charge in [0.15, 0.2) is 11.5 Å². The normalized spacial score (nSPS) is 14.6. The maximum Gasteiger partial charge on any atom is 0.387 e. The zero-order valence-corrected chi connectivity index (χ0v) is 15.3. The Kier molecular flexibility index (Phi) is 5.61. The smallest absolute Gasteiger partial charge is 0.387 e. The molecule has 2 aromatic carbocycles. The molecule has 0 amide bonds. The molecule has 0 heterocycles. The summed E-state index contributed by atoms with van der Waals surface area (Å²) in [5.41, 5.74) is 0.561. The highest BCUT2D eigenvalue weighted by Crippen LogP contribution is 2.35. The van der Waals surface area contributed by atoms with E-state index in [-0.39, 0.29) is 29.0 Å². The van der Waals surface area contributed by atoms with Gasteiger partial charge in [0.1, 0.15) is 5.82 Å². The number of alkyl halides is 2. The summed E-state index contributed by atoms with van der Waals surface area (Å²) in [6, 6.07) is 8.77. The van der Waals surface area contributed by atoms with E-state index in [4.69, 9.17) is 4.74 Å². The molecule has 27 heavy (non-hydrogen) atoms. The first-order chi connectivity index (χ1) is 12.8. The Morgan fingerprint density at radius 3 is 2.33 bits per heavy atom. The van der Waals surface area contributed by atoms with Gasteiger partial charge < -0.3 is 9.47 Å². The van der Waals surface area contributed by atoms with Gasteiger partial charge in [-0.3, -0.25) is 0 Å². The van der Waals surface area contributed by atoms with Crippen LogP contribution in [-0.2, 0) is 16.6 Å². The molecular weight excluding hydrogens is 383 g/mol. The molecule has 0 aliphatic heterocycles. The van der Waals surface area contributed by atoms with Crippen LogP contribution in [0.2, 0.25) is 0 Å². The van der Waals surface area contributed by atoms with E-state index in [0.29, 0.717) is 5.56 Å². The topological polar surface area (TPSA) is 55.8 Å². The van der Waals surface area contributed by atoms with E-state index in [1.165, 1.54) is 41.7 Å². The highest BCUT2D eigenvalue weighted by Gasteiger charge is 2.38. The molecule has 1 saturated carbocycles. The van der Waals surface area contributed by atoms with E-state index >= 15 is 0 Å². The van der Waals surface area contributed by atoms with Crippen molar-refractivity contribution in [2.45, 2.75) is 36.9 Å². The Hall–Kier alpha value is -2.26. The van der Waals surface area contributed by atoms with E-state index in [1.54, 1.807) is 0 Å². The fraction of sp³-hybridized carbons (Fsp3) is 0.333. The van der Waals surface area contributed by atoms with Crippen LogP contribution in [-0.4, -0.2) is 32.5 Å². The van der Waals surface area contributed by atoms with Crippen LogP contribution in [0.3, 0.4) is 0 Å². The standard InChI is InChI=1S/C18H18F3NO4S/c1-25-17-10-12(2-9-16(17)26-18(20)21)11-22(14-5-6-14)27(23,24)15-7-3-13(19)4-8-15/h2-4,7-10,14,18H,5-6,11H2,1H3. The second-order valence-electron chi connectivity index (χ2n) is 6.10. The summed E-state index contributed by atoms with van der Waals surface area (Å²) < 4.78 is 74.7. The van der Waals surface area contributed by atoms with Crippen molar-refractivity contribution in [2.75, 3.05) is 7.11 Å². The second kappa shape index (κ2) is 7.77. The van der Waals surface area contributed by atoms with E-state index < -0.39 is 22.5 Å². The molecule has 2 aromatic rings. The number of halogens is 3. The maximum atomic E-state index is 13.1. The van der Waals surface area contributed by atoms with Crippen LogP contribution in [0, 0.1) is 5.82 Å². The fourth-order valence-electron chi connectivity index (χ4n) is 2.70. The average Bonchev–Trinajstić information content (AvgIpc) is 3.45. The number of hydrogen-bond donors (Lipinski definition) is 0. The van der Waals surface area contributed by atoms with Gasteiger partial charge in [-0.05, 0) is 54.8 Å². The molecule has 0 spiro atoms. The maximum absolute atomic E-state index is 13.1. The molecule has 0 N–H and O–H groups in total.